The van der Waals surface area contributed by atoms with Crippen molar-refractivity contribution in [3.8, 4) is 5.75 Å². The molecule has 1 unspecified atom stereocenters. The second kappa shape index (κ2) is 7.72. The van der Waals surface area contributed by atoms with E-state index in [-0.39, 0.29) is 17.5 Å². The minimum absolute atomic E-state index is 0.0457. The predicted molar refractivity (Wildman–Crippen MR) is 108 cm³/mol. The van der Waals surface area contributed by atoms with Gasteiger partial charge < -0.3 is 15.0 Å². The Morgan fingerprint density at radius 1 is 1.26 bits per heavy atom. The molecule has 1 aromatic carbocycles. The van der Waals surface area contributed by atoms with Crippen LogP contribution in [0.1, 0.15) is 24.7 Å². The van der Waals surface area contributed by atoms with E-state index >= 15 is 0 Å². The standard InChI is InChI=1S/C19H26N4O3S/c1-5-23(15-8-9-27(24,25)12-15)19-11-18(20-14(3)21-19)22-16-10-13(2)6-7-17(16)26-4/h6-7,10-11,15H,5,8-9,12H2,1-4H3,(H,20,21,22). The van der Waals surface area contributed by atoms with Gasteiger partial charge in [-0.25, -0.2) is 18.4 Å². The normalized spacial score (nSPS) is 18.3. The second-order valence-electron chi connectivity index (χ2n) is 6.83. The number of rotatable bonds is 6. The number of aryl methyl sites for hydroxylation is 2. The summed E-state index contributed by atoms with van der Waals surface area (Å²) < 4.78 is 29.2. The van der Waals surface area contributed by atoms with Crippen molar-refractivity contribution in [1.29, 1.82) is 0 Å². The average molecular weight is 391 g/mol. The van der Waals surface area contributed by atoms with Gasteiger partial charge in [0.15, 0.2) is 9.84 Å². The third-order valence-electron chi connectivity index (χ3n) is 4.73. The van der Waals surface area contributed by atoms with E-state index in [1.807, 2.05) is 45.0 Å². The molecule has 1 N–H and O–H groups in total. The topological polar surface area (TPSA) is 84.4 Å². The van der Waals surface area contributed by atoms with Gasteiger partial charge in [0.2, 0.25) is 0 Å². The molecule has 1 aromatic heterocycles. The highest BCUT2D eigenvalue weighted by Gasteiger charge is 2.32. The minimum atomic E-state index is -2.96. The maximum absolute atomic E-state index is 11.9. The maximum atomic E-state index is 11.9. The molecule has 146 valence electrons. The zero-order chi connectivity index (χ0) is 19.6. The van der Waals surface area contributed by atoms with Crippen molar-refractivity contribution < 1.29 is 13.2 Å². The van der Waals surface area contributed by atoms with Gasteiger partial charge in [-0.1, -0.05) is 6.07 Å². The number of nitrogens with one attached hydrogen (secondary N) is 1. The minimum Gasteiger partial charge on any atom is -0.495 e. The molecule has 0 aliphatic carbocycles. The van der Waals surface area contributed by atoms with Crippen molar-refractivity contribution in [3.05, 3.63) is 35.7 Å². The van der Waals surface area contributed by atoms with Crippen LogP contribution in [0.25, 0.3) is 0 Å². The van der Waals surface area contributed by atoms with Crippen LogP contribution >= 0.6 is 0 Å². The van der Waals surface area contributed by atoms with Crippen LogP contribution in [0.2, 0.25) is 0 Å². The van der Waals surface area contributed by atoms with Gasteiger partial charge in [-0.2, -0.15) is 0 Å². The van der Waals surface area contributed by atoms with Crippen LogP contribution in [0.4, 0.5) is 17.3 Å². The Labute approximate surface area is 160 Å². The van der Waals surface area contributed by atoms with E-state index in [0.29, 0.717) is 24.6 Å². The zero-order valence-electron chi connectivity index (χ0n) is 16.2. The molecule has 7 nitrogen and oxygen atoms in total. The lowest BCUT2D eigenvalue weighted by atomic mass is 10.2. The Hall–Kier alpha value is -2.35. The van der Waals surface area contributed by atoms with E-state index in [9.17, 15) is 8.42 Å². The highest BCUT2D eigenvalue weighted by molar-refractivity contribution is 7.91. The van der Waals surface area contributed by atoms with E-state index in [2.05, 4.69) is 20.2 Å². The Morgan fingerprint density at radius 3 is 2.67 bits per heavy atom. The van der Waals surface area contributed by atoms with E-state index in [1.54, 1.807) is 7.11 Å². The summed E-state index contributed by atoms with van der Waals surface area (Å²) >= 11 is 0. The first-order valence-electron chi connectivity index (χ1n) is 9.05. The number of aromatic nitrogens is 2. The molecular formula is C19H26N4O3S. The van der Waals surface area contributed by atoms with Crippen LogP contribution in [-0.2, 0) is 9.84 Å². The van der Waals surface area contributed by atoms with Crippen LogP contribution in [0, 0.1) is 13.8 Å². The molecule has 0 saturated carbocycles. The molecule has 1 fully saturated rings. The van der Waals surface area contributed by atoms with Gasteiger partial charge in [0.25, 0.3) is 0 Å². The largest absolute Gasteiger partial charge is 0.495 e. The van der Waals surface area contributed by atoms with Crippen LogP contribution in [0.15, 0.2) is 24.3 Å². The Bertz CT molecular complexity index is 931. The van der Waals surface area contributed by atoms with Gasteiger partial charge in [0.05, 0.1) is 24.3 Å². The SMILES string of the molecule is CCN(c1cc(Nc2cc(C)ccc2OC)nc(C)n1)C1CCS(=O)(=O)C1. The summed E-state index contributed by atoms with van der Waals surface area (Å²) in [4.78, 5) is 11.1. The maximum Gasteiger partial charge on any atom is 0.152 e. The van der Waals surface area contributed by atoms with Crippen LogP contribution in [0.5, 0.6) is 5.75 Å². The van der Waals surface area contributed by atoms with Crippen molar-refractivity contribution in [2.24, 2.45) is 0 Å². The first kappa shape index (κ1) is 19.4. The molecule has 0 radical (unpaired) electrons. The molecule has 0 bridgehead atoms. The average Bonchev–Trinajstić information content (AvgIpc) is 2.95. The fraction of sp³-hybridized carbons (Fsp3) is 0.474. The van der Waals surface area contributed by atoms with Crippen molar-refractivity contribution in [1.82, 2.24) is 9.97 Å². The third kappa shape index (κ3) is 4.50. The molecule has 2 heterocycles. The Morgan fingerprint density at radius 2 is 2.04 bits per heavy atom. The molecule has 0 spiro atoms. The summed E-state index contributed by atoms with van der Waals surface area (Å²) in [5, 5.41) is 3.31. The number of ether oxygens (including phenoxy) is 1. The summed E-state index contributed by atoms with van der Waals surface area (Å²) in [6.45, 7) is 6.55. The van der Waals surface area contributed by atoms with Gasteiger partial charge in [-0.3, -0.25) is 0 Å². The molecule has 27 heavy (non-hydrogen) atoms. The Balaban J connectivity index is 1.91. The molecule has 1 saturated heterocycles. The first-order chi connectivity index (χ1) is 12.8. The monoisotopic (exact) mass is 390 g/mol. The quantitative estimate of drug-likeness (QED) is 0.812. The van der Waals surface area contributed by atoms with E-state index in [0.717, 1.165) is 22.8 Å². The van der Waals surface area contributed by atoms with Gasteiger partial charge in [-0.05, 0) is 44.9 Å². The smallest absolute Gasteiger partial charge is 0.152 e. The highest BCUT2D eigenvalue weighted by Crippen LogP contribution is 2.30. The van der Waals surface area contributed by atoms with Gasteiger partial charge >= 0.3 is 0 Å². The number of sulfone groups is 1. The molecule has 1 atom stereocenters. The van der Waals surface area contributed by atoms with E-state index < -0.39 is 9.84 Å². The molecule has 0 amide bonds. The lowest BCUT2D eigenvalue weighted by molar-refractivity contribution is 0.416. The molecule has 3 rings (SSSR count). The second-order valence-corrected chi connectivity index (χ2v) is 9.06. The van der Waals surface area contributed by atoms with Crippen molar-refractivity contribution in [2.45, 2.75) is 33.2 Å². The molecular weight excluding hydrogens is 364 g/mol. The van der Waals surface area contributed by atoms with Crippen molar-refractivity contribution >= 4 is 27.2 Å². The number of hydrogen-bond acceptors (Lipinski definition) is 7. The van der Waals surface area contributed by atoms with Gasteiger partial charge in [0, 0.05) is 18.7 Å². The van der Waals surface area contributed by atoms with Crippen LogP contribution < -0.4 is 15.0 Å². The fourth-order valence-electron chi connectivity index (χ4n) is 3.45. The zero-order valence-corrected chi connectivity index (χ0v) is 17.0. The molecule has 1 aliphatic heterocycles. The van der Waals surface area contributed by atoms with Crippen LogP contribution in [0.3, 0.4) is 0 Å². The molecule has 8 heteroatoms. The van der Waals surface area contributed by atoms with E-state index in [4.69, 9.17) is 4.74 Å². The number of benzene rings is 1. The number of methoxy groups -OCH3 is 1. The molecule has 1 aliphatic rings. The van der Waals surface area contributed by atoms with Crippen molar-refractivity contribution in [2.75, 3.05) is 35.4 Å². The van der Waals surface area contributed by atoms with E-state index in [1.165, 1.54) is 0 Å². The van der Waals surface area contributed by atoms with Gasteiger partial charge in [0.1, 0.15) is 23.2 Å². The molecule has 2 aromatic rings. The summed E-state index contributed by atoms with van der Waals surface area (Å²) in [6.07, 6.45) is 0.633. The highest BCUT2D eigenvalue weighted by atomic mass is 32.2. The number of nitrogens with zero attached hydrogens (tertiary/aromatic N) is 3. The lowest BCUT2D eigenvalue weighted by Gasteiger charge is -2.28. The summed E-state index contributed by atoms with van der Waals surface area (Å²) in [5.74, 6) is 3.16. The number of hydrogen-bond donors (Lipinski definition) is 1. The Kier molecular flexibility index (Phi) is 5.55. The summed E-state index contributed by atoms with van der Waals surface area (Å²) in [6, 6.07) is 7.71. The fourth-order valence-corrected chi connectivity index (χ4v) is 5.18. The predicted octanol–water partition coefficient (Wildman–Crippen LogP) is 2.86. The van der Waals surface area contributed by atoms with Gasteiger partial charge in [-0.15, -0.1) is 0 Å². The third-order valence-corrected chi connectivity index (χ3v) is 6.48. The number of anilines is 3. The lowest BCUT2D eigenvalue weighted by Crippen LogP contribution is -2.37. The summed E-state index contributed by atoms with van der Waals surface area (Å²) in [7, 11) is -1.33. The van der Waals surface area contributed by atoms with Crippen LogP contribution in [-0.4, -0.2) is 49.6 Å². The first-order valence-corrected chi connectivity index (χ1v) is 10.9. The van der Waals surface area contributed by atoms with Crippen molar-refractivity contribution in [3.63, 3.8) is 0 Å². The summed E-state index contributed by atoms with van der Waals surface area (Å²) in [5.41, 5.74) is 1.93.